The molecule has 0 N–H and O–H groups in total. The van der Waals surface area contributed by atoms with E-state index in [-0.39, 0.29) is 38.5 Å². The minimum Gasteiger partial charge on any atom is -0.339 e. The minimum absolute atomic E-state index is 0. The van der Waals surface area contributed by atoms with E-state index in [1.54, 1.807) is 0 Å². The molecule has 0 amide bonds. The maximum absolute atomic E-state index is 9.93. The summed E-state index contributed by atoms with van der Waals surface area (Å²) in [6.45, 7) is 18.0. The Morgan fingerprint density at radius 1 is 1.11 bits per heavy atom. The Morgan fingerprint density at radius 3 is 2.00 bits per heavy atom. The zero-order valence-electron chi connectivity index (χ0n) is 23.1. The van der Waals surface area contributed by atoms with Crippen LogP contribution in [0.25, 0.3) is 0 Å². The standard InChI is InChI=1S/C13H19ClN2.C6H12.C6H5.C5H9O.Y/c1-5-6-7-10(3)15-12-8-9(2)13(14)16-11(12)4;1-6(2)4-3-5-6;1-2-4-6-5-3-1;1-3-4-5(2)6;/h8H,5-7H2,1-4H3;3-5H2,1-2H3;1-5H;2-4H2,1H3;/q;;2*-1;. The normalized spacial score (nSPS) is 13.2. The van der Waals surface area contributed by atoms with Crippen molar-refractivity contribution in [2.45, 2.75) is 99.8 Å². The van der Waals surface area contributed by atoms with E-state index in [1.807, 2.05) is 57.2 Å². The zero-order chi connectivity index (χ0) is 26.0. The topological polar surface area (TPSA) is 42.3 Å². The third kappa shape index (κ3) is 19.8. The fourth-order valence-corrected chi connectivity index (χ4v) is 3.16. The van der Waals surface area contributed by atoms with Crippen LogP contribution in [-0.2, 0) is 37.5 Å². The first-order valence-corrected chi connectivity index (χ1v) is 12.8. The van der Waals surface area contributed by atoms with Gasteiger partial charge in [-0.1, -0.05) is 58.6 Å². The van der Waals surface area contributed by atoms with E-state index in [0.29, 0.717) is 11.6 Å². The summed E-state index contributed by atoms with van der Waals surface area (Å²) < 4.78 is 0. The van der Waals surface area contributed by atoms with Gasteiger partial charge in [-0.15, -0.1) is 0 Å². The van der Waals surface area contributed by atoms with Crippen molar-refractivity contribution in [3.05, 3.63) is 65.8 Å². The number of aliphatic imine (C=N–C) groups is 1. The van der Waals surface area contributed by atoms with Gasteiger partial charge in [-0.05, 0) is 75.7 Å². The second-order valence-corrected chi connectivity index (χ2v) is 9.89. The Kier molecular flexibility index (Phi) is 21.8. The van der Waals surface area contributed by atoms with Gasteiger partial charge in [-0.2, -0.15) is 36.4 Å². The van der Waals surface area contributed by atoms with Gasteiger partial charge in [-0.3, -0.25) is 4.99 Å². The molecule has 0 unspecified atom stereocenters. The summed E-state index contributed by atoms with van der Waals surface area (Å²) in [6.07, 6.45) is 9.35. The molecule has 0 atom stereocenters. The Bertz CT molecular complexity index is 818. The van der Waals surface area contributed by atoms with Crippen LogP contribution in [-0.4, -0.2) is 16.5 Å². The van der Waals surface area contributed by atoms with E-state index in [0.717, 1.165) is 40.9 Å². The number of benzene rings is 1. The van der Waals surface area contributed by atoms with Gasteiger partial charge >= 0.3 is 0 Å². The van der Waals surface area contributed by atoms with Gasteiger partial charge in [0.1, 0.15) is 5.15 Å². The molecule has 0 spiro atoms. The average Bonchev–Trinajstić information content (AvgIpc) is 2.77. The van der Waals surface area contributed by atoms with Crippen molar-refractivity contribution in [3.8, 4) is 0 Å². The van der Waals surface area contributed by atoms with Crippen molar-refractivity contribution in [1.29, 1.82) is 0 Å². The van der Waals surface area contributed by atoms with Crippen LogP contribution in [0, 0.1) is 32.3 Å². The molecule has 193 valence electrons. The third-order valence-corrected chi connectivity index (χ3v) is 5.74. The van der Waals surface area contributed by atoms with Gasteiger partial charge in [0.25, 0.3) is 0 Å². The van der Waals surface area contributed by atoms with E-state index in [9.17, 15) is 4.79 Å². The number of pyridine rings is 1. The van der Waals surface area contributed by atoms with Crippen LogP contribution >= 0.6 is 11.6 Å². The Morgan fingerprint density at radius 2 is 1.69 bits per heavy atom. The number of rotatable bonds is 6. The number of unbranched alkanes of at least 4 members (excludes halogenated alkanes) is 1. The number of carbonyl (C=O) groups is 1. The molecule has 1 aromatic carbocycles. The molecular formula is C30H45ClN2OY-2. The second kappa shape index (κ2) is 21.1. The van der Waals surface area contributed by atoms with E-state index < -0.39 is 0 Å². The van der Waals surface area contributed by atoms with Gasteiger partial charge in [0, 0.05) is 38.4 Å². The molecule has 1 aliphatic carbocycles. The van der Waals surface area contributed by atoms with Crippen molar-refractivity contribution in [2.75, 3.05) is 0 Å². The van der Waals surface area contributed by atoms with Crippen molar-refractivity contribution in [3.63, 3.8) is 0 Å². The maximum Gasteiger partial charge on any atom is 0.132 e. The Hall–Kier alpha value is -1.03. The first kappa shape index (κ1) is 36.1. The molecule has 0 aliphatic heterocycles. The van der Waals surface area contributed by atoms with E-state index in [2.05, 4.69) is 50.7 Å². The Balaban J connectivity index is 0. The molecule has 1 aromatic heterocycles. The van der Waals surface area contributed by atoms with Gasteiger partial charge in [-0.25, -0.2) is 4.98 Å². The van der Waals surface area contributed by atoms with Gasteiger partial charge in [0.05, 0.1) is 11.4 Å². The van der Waals surface area contributed by atoms with Crippen LogP contribution in [0.5, 0.6) is 0 Å². The van der Waals surface area contributed by atoms with Crippen molar-refractivity contribution in [2.24, 2.45) is 10.4 Å². The van der Waals surface area contributed by atoms with Gasteiger partial charge in [0.2, 0.25) is 0 Å². The summed E-state index contributed by atoms with van der Waals surface area (Å²) in [7, 11) is 0. The van der Waals surface area contributed by atoms with Crippen LogP contribution in [0.15, 0.2) is 41.4 Å². The zero-order valence-corrected chi connectivity index (χ0v) is 26.7. The minimum atomic E-state index is 0. The predicted octanol–water partition coefficient (Wildman–Crippen LogP) is 9.50. The number of hydrogen-bond acceptors (Lipinski definition) is 3. The second-order valence-electron chi connectivity index (χ2n) is 9.54. The summed E-state index contributed by atoms with van der Waals surface area (Å²) in [5.74, 6) is 0.0394. The fourth-order valence-electron chi connectivity index (χ4n) is 2.97. The average molecular weight is 574 g/mol. The number of halogens is 1. The predicted molar refractivity (Wildman–Crippen MR) is 149 cm³/mol. The van der Waals surface area contributed by atoms with E-state index in [4.69, 9.17) is 11.6 Å². The number of aryl methyl sites for hydroxylation is 2. The molecule has 0 saturated heterocycles. The van der Waals surface area contributed by atoms with Crippen LogP contribution < -0.4 is 0 Å². The molecular weight excluding hydrogens is 529 g/mol. The molecule has 0 bridgehead atoms. The molecule has 3 nitrogen and oxygen atoms in total. The quantitative estimate of drug-likeness (QED) is 0.196. The van der Waals surface area contributed by atoms with Crippen molar-refractivity contribution >= 4 is 28.8 Å². The third-order valence-electron chi connectivity index (χ3n) is 5.36. The number of carbonyl (C=O) groups excluding carboxylic acids is 1. The number of Topliss-reactive ketones (excluding diaryl/α,β-unsaturated/α-hetero) is 1. The summed E-state index contributed by atoms with van der Waals surface area (Å²) in [5, 5.41) is 0.572. The summed E-state index contributed by atoms with van der Waals surface area (Å²) in [4.78, 5) is 18.8. The number of nitrogens with zero attached hydrogens (tertiary/aromatic N) is 2. The largest absolute Gasteiger partial charge is 0.339 e. The molecule has 5 heteroatoms. The van der Waals surface area contributed by atoms with Crippen LogP contribution in [0.1, 0.15) is 97.2 Å². The monoisotopic (exact) mass is 573 g/mol. The molecule has 1 fully saturated rings. The van der Waals surface area contributed by atoms with Gasteiger partial charge in [0.15, 0.2) is 0 Å². The van der Waals surface area contributed by atoms with Crippen LogP contribution in [0.4, 0.5) is 5.69 Å². The first-order valence-electron chi connectivity index (χ1n) is 12.5. The smallest absolute Gasteiger partial charge is 0.132 e. The first-order chi connectivity index (χ1) is 16.0. The number of hydrogen-bond donors (Lipinski definition) is 0. The molecule has 35 heavy (non-hydrogen) atoms. The van der Waals surface area contributed by atoms with Crippen molar-refractivity contribution < 1.29 is 37.5 Å². The molecule has 1 aliphatic rings. The number of ketones is 1. The molecule has 1 radical (unpaired) electrons. The maximum atomic E-state index is 9.93. The van der Waals surface area contributed by atoms with Gasteiger partial charge < -0.3 is 11.7 Å². The molecule has 1 heterocycles. The molecule has 3 rings (SSSR count). The summed E-state index contributed by atoms with van der Waals surface area (Å²) >= 11 is 5.95. The van der Waals surface area contributed by atoms with E-state index in [1.165, 1.54) is 32.1 Å². The van der Waals surface area contributed by atoms with Crippen molar-refractivity contribution in [1.82, 2.24) is 4.98 Å². The molecule has 2 aromatic rings. The fraction of sp³-hybridized carbons (Fsp3) is 0.533. The van der Waals surface area contributed by atoms with Crippen LogP contribution in [0.2, 0.25) is 5.15 Å². The SMILES string of the molecule is CC1(C)CCC1.CCCCC(C)=Nc1cc(C)c(Cl)nc1C.[CH2-]C(=O)CCC.[Y].[c-]1ccccc1. The Labute approximate surface area is 245 Å². The van der Waals surface area contributed by atoms with Crippen LogP contribution in [0.3, 0.4) is 0 Å². The number of aromatic nitrogens is 1. The van der Waals surface area contributed by atoms with E-state index >= 15 is 0 Å². The summed E-state index contributed by atoms with van der Waals surface area (Å²) in [6, 6.07) is 14.5. The summed E-state index contributed by atoms with van der Waals surface area (Å²) in [5.41, 5.74) is 4.70. The molecule has 1 saturated carbocycles.